The maximum atomic E-state index is 11.7. The first kappa shape index (κ1) is 15.9. The van der Waals surface area contributed by atoms with Gasteiger partial charge in [0.2, 0.25) is 5.91 Å². The van der Waals surface area contributed by atoms with Crippen molar-refractivity contribution in [3.05, 3.63) is 23.2 Å². The second kappa shape index (κ2) is 6.36. The average Bonchev–Trinajstić information content (AvgIpc) is 2.30. The van der Waals surface area contributed by atoms with Gasteiger partial charge in [-0.3, -0.25) is 4.79 Å². The number of benzene rings is 1. The zero-order valence-electron chi connectivity index (χ0n) is 10.8. The SMILES string of the molecule is CCC(N)CC(=O)Nc1cc(S(C)(=O)=O)ccc1Cl. The van der Waals surface area contributed by atoms with Crippen molar-refractivity contribution >= 4 is 33.0 Å². The monoisotopic (exact) mass is 304 g/mol. The Bertz CT molecular complexity index is 572. The number of amides is 1. The van der Waals surface area contributed by atoms with Crippen LogP contribution in [0.5, 0.6) is 0 Å². The smallest absolute Gasteiger partial charge is 0.225 e. The fourth-order valence-electron chi connectivity index (χ4n) is 1.41. The quantitative estimate of drug-likeness (QED) is 0.868. The fraction of sp³-hybridized carbons (Fsp3) is 0.417. The lowest BCUT2D eigenvalue weighted by atomic mass is 10.1. The van der Waals surface area contributed by atoms with Crippen molar-refractivity contribution in [1.29, 1.82) is 0 Å². The molecule has 1 rings (SSSR count). The first-order valence-corrected chi connectivity index (χ1v) is 8.06. The zero-order chi connectivity index (χ0) is 14.6. The average molecular weight is 305 g/mol. The Morgan fingerprint density at radius 2 is 2.11 bits per heavy atom. The van der Waals surface area contributed by atoms with Gasteiger partial charge in [-0.05, 0) is 24.6 Å². The molecule has 0 aliphatic heterocycles. The molecule has 0 aromatic heterocycles. The molecule has 0 spiro atoms. The van der Waals surface area contributed by atoms with Crippen molar-refractivity contribution in [2.45, 2.75) is 30.7 Å². The topological polar surface area (TPSA) is 89.3 Å². The van der Waals surface area contributed by atoms with Crippen molar-refractivity contribution in [2.24, 2.45) is 5.73 Å². The van der Waals surface area contributed by atoms with Crippen LogP contribution in [0.2, 0.25) is 5.02 Å². The molecule has 0 aliphatic carbocycles. The van der Waals surface area contributed by atoms with Gasteiger partial charge in [0.1, 0.15) is 0 Å². The van der Waals surface area contributed by atoms with Crippen LogP contribution in [0.1, 0.15) is 19.8 Å². The summed E-state index contributed by atoms with van der Waals surface area (Å²) in [5, 5.41) is 2.86. The number of hydrogen-bond acceptors (Lipinski definition) is 4. The van der Waals surface area contributed by atoms with Crippen molar-refractivity contribution in [3.63, 3.8) is 0 Å². The molecule has 1 atom stereocenters. The molecule has 0 aliphatic rings. The number of carbonyl (C=O) groups excluding carboxylic acids is 1. The molecule has 1 aromatic carbocycles. The van der Waals surface area contributed by atoms with Crippen LogP contribution in [0.25, 0.3) is 0 Å². The first-order chi connectivity index (χ1) is 8.74. The molecule has 3 N–H and O–H groups in total. The maximum absolute atomic E-state index is 11.7. The Balaban J connectivity index is 2.92. The zero-order valence-corrected chi connectivity index (χ0v) is 12.4. The third kappa shape index (κ3) is 4.81. The molecule has 0 fully saturated rings. The maximum Gasteiger partial charge on any atom is 0.225 e. The second-order valence-corrected chi connectivity index (χ2v) is 6.76. The summed E-state index contributed by atoms with van der Waals surface area (Å²) < 4.78 is 22.9. The van der Waals surface area contributed by atoms with E-state index in [0.717, 1.165) is 6.26 Å². The summed E-state index contributed by atoms with van der Waals surface area (Å²) in [7, 11) is -3.34. The van der Waals surface area contributed by atoms with E-state index in [0.29, 0.717) is 6.42 Å². The first-order valence-electron chi connectivity index (χ1n) is 5.79. The van der Waals surface area contributed by atoms with Gasteiger partial charge in [0.25, 0.3) is 0 Å². The molecule has 1 unspecified atom stereocenters. The molecule has 5 nitrogen and oxygen atoms in total. The lowest BCUT2D eigenvalue weighted by Gasteiger charge is -2.11. The van der Waals surface area contributed by atoms with Crippen molar-refractivity contribution in [1.82, 2.24) is 0 Å². The van der Waals surface area contributed by atoms with Crippen LogP contribution in [-0.2, 0) is 14.6 Å². The molecule has 0 heterocycles. The number of nitrogens with two attached hydrogens (primary N) is 1. The molecule has 106 valence electrons. The predicted molar refractivity (Wildman–Crippen MR) is 76.1 cm³/mol. The fourth-order valence-corrected chi connectivity index (χ4v) is 2.23. The third-order valence-corrected chi connectivity index (χ3v) is 4.05. The van der Waals surface area contributed by atoms with Crippen molar-refractivity contribution in [2.75, 3.05) is 11.6 Å². The van der Waals surface area contributed by atoms with Crippen molar-refractivity contribution in [3.8, 4) is 0 Å². The molecule has 0 bridgehead atoms. The highest BCUT2D eigenvalue weighted by Gasteiger charge is 2.13. The minimum Gasteiger partial charge on any atom is -0.327 e. The van der Waals surface area contributed by atoms with E-state index in [-0.39, 0.29) is 34.0 Å². The van der Waals surface area contributed by atoms with Crippen LogP contribution in [0.3, 0.4) is 0 Å². The van der Waals surface area contributed by atoms with Crippen molar-refractivity contribution < 1.29 is 13.2 Å². The highest BCUT2D eigenvalue weighted by Crippen LogP contribution is 2.25. The molecular formula is C12H17ClN2O3S. The van der Waals surface area contributed by atoms with E-state index in [9.17, 15) is 13.2 Å². The number of hydrogen-bond donors (Lipinski definition) is 2. The predicted octanol–water partition coefficient (Wildman–Crippen LogP) is 1.81. The number of anilines is 1. The summed E-state index contributed by atoms with van der Waals surface area (Å²) in [5.74, 6) is -0.290. The second-order valence-electron chi connectivity index (χ2n) is 4.33. The van der Waals surface area contributed by atoms with Crippen LogP contribution in [-0.4, -0.2) is 26.6 Å². The summed E-state index contributed by atoms with van der Waals surface area (Å²) in [6.07, 6.45) is 1.94. The van der Waals surface area contributed by atoms with Gasteiger partial charge in [-0.2, -0.15) is 0 Å². The van der Waals surface area contributed by atoms with Gasteiger partial charge in [0, 0.05) is 18.7 Å². The van der Waals surface area contributed by atoms with Gasteiger partial charge in [-0.1, -0.05) is 18.5 Å². The van der Waals surface area contributed by atoms with E-state index in [2.05, 4.69) is 5.32 Å². The summed E-state index contributed by atoms with van der Waals surface area (Å²) in [6.45, 7) is 1.88. The molecule has 0 saturated carbocycles. The molecule has 0 radical (unpaired) electrons. The Morgan fingerprint density at radius 1 is 1.47 bits per heavy atom. The number of halogens is 1. The van der Waals surface area contributed by atoms with E-state index < -0.39 is 9.84 Å². The molecule has 7 heteroatoms. The van der Waals surface area contributed by atoms with Crippen LogP contribution in [0, 0.1) is 0 Å². The van der Waals surface area contributed by atoms with Gasteiger partial charge in [-0.25, -0.2) is 8.42 Å². The highest BCUT2D eigenvalue weighted by atomic mass is 35.5. The van der Waals surface area contributed by atoms with Gasteiger partial charge in [0.05, 0.1) is 15.6 Å². The Labute approximate surface area is 118 Å². The number of nitrogens with one attached hydrogen (secondary N) is 1. The van der Waals surface area contributed by atoms with E-state index in [1.807, 2.05) is 6.92 Å². The van der Waals surface area contributed by atoms with Gasteiger partial charge >= 0.3 is 0 Å². The van der Waals surface area contributed by atoms with E-state index in [1.54, 1.807) is 0 Å². The number of carbonyl (C=O) groups is 1. The molecule has 1 amide bonds. The Kier molecular flexibility index (Phi) is 5.34. The van der Waals surface area contributed by atoms with Crippen LogP contribution >= 0.6 is 11.6 Å². The summed E-state index contributed by atoms with van der Waals surface area (Å²) in [6, 6.07) is 3.95. The minimum atomic E-state index is -3.34. The summed E-state index contributed by atoms with van der Waals surface area (Å²) in [5.41, 5.74) is 5.95. The van der Waals surface area contributed by atoms with Crippen LogP contribution < -0.4 is 11.1 Å². The van der Waals surface area contributed by atoms with Gasteiger partial charge in [0.15, 0.2) is 9.84 Å². The number of rotatable bonds is 5. The van der Waals surface area contributed by atoms with Crippen LogP contribution in [0.15, 0.2) is 23.1 Å². The molecule has 1 aromatic rings. The standard InChI is InChI=1S/C12H17ClN2O3S/c1-3-8(14)6-12(16)15-11-7-9(19(2,17)18)4-5-10(11)13/h4-5,7-8H,3,6,14H2,1-2H3,(H,15,16). The third-order valence-electron chi connectivity index (χ3n) is 2.61. The van der Waals surface area contributed by atoms with E-state index >= 15 is 0 Å². The number of sulfone groups is 1. The largest absolute Gasteiger partial charge is 0.327 e. The molecular weight excluding hydrogens is 288 g/mol. The molecule has 0 saturated heterocycles. The highest BCUT2D eigenvalue weighted by molar-refractivity contribution is 7.90. The lowest BCUT2D eigenvalue weighted by molar-refractivity contribution is -0.116. The molecule has 19 heavy (non-hydrogen) atoms. The summed E-state index contributed by atoms with van der Waals surface area (Å²) >= 11 is 5.92. The van der Waals surface area contributed by atoms with Gasteiger partial charge in [-0.15, -0.1) is 0 Å². The summed E-state index contributed by atoms with van der Waals surface area (Å²) in [4.78, 5) is 11.8. The minimum absolute atomic E-state index is 0.104. The van der Waals surface area contributed by atoms with E-state index in [4.69, 9.17) is 17.3 Å². The van der Waals surface area contributed by atoms with Crippen LogP contribution in [0.4, 0.5) is 5.69 Å². The Hall–Kier alpha value is -1.11. The van der Waals surface area contributed by atoms with E-state index in [1.165, 1.54) is 18.2 Å². The lowest BCUT2D eigenvalue weighted by Crippen LogP contribution is -2.26. The Morgan fingerprint density at radius 3 is 2.63 bits per heavy atom. The normalized spacial score (nSPS) is 13.1. The van der Waals surface area contributed by atoms with Gasteiger partial charge < -0.3 is 11.1 Å².